The summed E-state index contributed by atoms with van der Waals surface area (Å²) in [5.74, 6) is 0.670. The maximum atomic E-state index is 12.5. The average molecular weight is 435 g/mol. The van der Waals surface area contributed by atoms with Crippen molar-refractivity contribution in [1.82, 2.24) is 10.2 Å². The Morgan fingerprint density at radius 2 is 1.96 bits per heavy atom. The fourth-order valence-electron chi connectivity index (χ4n) is 2.29. The van der Waals surface area contributed by atoms with Gasteiger partial charge in [-0.05, 0) is 55.8 Å². The fraction of sp³-hybridized carbons (Fsp3) is 0.211. The third kappa shape index (κ3) is 5.15. The van der Waals surface area contributed by atoms with E-state index in [2.05, 4.69) is 20.8 Å². The third-order valence-electron chi connectivity index (χ3n) is 3.92. The second kappa shape index (κ2) is 9.27. The van der Waals surface area contributed by atoms with Crippen LogP contribution in [0.5, 0.6) is 5.75 Å². The number of hydrogen-bond acceptors (Lipinski definition) is 7. The van der Waals surface area contributed by atoms with E-state index in [9.17, 15) is 4.79 Å². The Hall–Kier alpha value is -2.29. The van der Waals surface area contributed by atoms with Gasteiger partial charge in [0.05, 0.1) is 12.4 Å². The molecular weight excluding hydrogens is 416 g/mol. The molecule has 146 valence electrons. The molecule has 2 aromatic carbocycles. The van der Waals surface area contributed by atoms with E-state index in [1.54, 1.807) is 13.2 Å². The molecule has 1 atom stereocenters. The normalized spacial score (nSPS) is 11.7. The van der Waals surface area contributed by atoms with E-state index in [1.165, 1.54) is 23.1 Å². The van der Waals surface area contributed by atoms with Crippen LogP contribution >= 0.6 is 34.7 Å². The van der Waals surface area contributed by atoms with Crippen LogP contribution in [0.2, 0.25) is 5.02 Å². The molecule has 1 aromatic heterocycles. The van der Waals surface area contributed by atoms with Crippen LogP contribution < -0.4 is 15.4 Å². The molecular formula is C19H19ClN4O2S2. The molecule has 0 saturated carbocycles. The predicted molar refractivity (Wildman–Crippen MR) is 116 cm³/mol. The predicted octanol–water partition coefficient (Wildman–Crippen LogP) is 5.37. The van der Waals surface area contributed by atoms with E-state index < -0.39 is 0 Å². The Bertz CT molecular complexity index is 963. The minimum absolute atomic E-state index is 0.116. The van der Waals surface area contributed by atoms with Crippen LogP contribution in [0.4, 0.5) is 16.5 Å². The van der Waals surface area contributed by atoms with Gasteiger partial charge in [0, 0.05) is 16.4 Å². The second-order valence-corrected chi connectivity index (χ2v) is 8.86. The van der Waals surface area contributed by atoms with Crippen LogP contribution in [0.25, 0.3) is 0 Å². The number of rotatable bonds is 7. The highest BCUT2D eigenvalue weighted by atomic mass is 35.5. The van der Waals surface area contributed by atoms with Gasteiger partial charge < -0.3 is 15.4 Å². The summed E-state index contributed by atoms with van der Waals surface area (Å²) in [6, 6.07) is 13.0. The summed E-state index contributed by atoms with van der Waals surface area (Å²) in [7, 11) is 1.63. The number of methoxy groups -OCH3 is 1. The van der Waals surface area contributed by atoms with Crippen LogP contribution in [0, 0.1) is 6.92 Å². The van der Waals surface area contributed by atoms with Crippen molar-refractivity contribution in [3.05, 3.63) is 53.1 Å². The number of amides is 1. The number of nitrogens with zero attached hydrogens (tertiary/aromatic N) is 2. The van der Waals surface area contributed by atoms with Crippen LogP contribution in [0.1, 0.15) is 12.5 Å². The second-order valence-electron chi connectivity index (χ2n) is 5.89. The molecule has 0 fully saturated rings. The number of nitrogens with one attached hydrogen (secondary N) is 2. The lowest BCUT2D eigenvalue weighted by atomic mass is 10.2. The molecule has 0 spiro atoms. The number of halogens is 1. The first kappa shape index (κ1) is 20.4. The quantitative estimate of drug-likeness (QED) is 0.487. The topological polar surface area (TPSA) is 76.1 Å². The van der Waals surface area contributed by atoms with Crippen molar-refractivity contribution in [2.75, 3.05) is 17.7 Å². The van der Waals surface area contributed by atoms with Gasteiger partial charge in [-0.25, -0.2) is 0 Å². The SMILES string of the molecule is COc1ccc(Nc2nnc(SC(C)C(=O)Nc3cccc(Cl)c3C)s2)cc1. The number of benzene rings is 2. The number of anilines is 3. The molecule has 3 rings (SSSR count). The fourth-order valence-corrected chi connectivity index (χ4v) is 4.38. The summed E-state index contributed by atoms with van der Waals surface area (Å²) >= 11 is 8.86. The van der Waals surface area contributed by atoms with E-state index in [4.69, 9.17) is 16.3 Å². The van der Waals surface area contributed by atoms with Crippen molar-refractivity contribution in [2.24, 2.45) is 0 Å². The summed E-state index contributed by atoms with van der Waals surface area (Å²) in [6.45, 7) is 3.70. The Morgan fingerprint density at radius 3 is 2.68 bits per heavy atom. The van der Waals surface area contributed by atoms with Crippen molar-refractivity contribution >= 4 is 57.1 Å². The van der Waals surface area contributed by atoms with Gasteiger partial charge >= 0.3 is 0 Å². The molecule has 1 unspecified atom stereocenters. The van der Waals surface area contributed by atoms with Gasteiger partial charge in [-0.2, -0.15) is 0 Å². The van der Waals surface area contributed by atoms with E-state index in [1.807, 2.05) is 50.2 Å². The average Bonchev–Trinajstić information content (AvgIpc) is 3.12. The zero-order valence-corrected chi connectivity index (χ0v) is 17.9. The molecule has 0 saturated heterocycles. The van der Waals surface area contributed by atoms with Crippen molar-refractivity contribution in [1.29, 1.82) is 0 Å². The highest BCUT2D eigenvalue weighted by Crippen LogP contribution is 2.31. The van der Waals surface area contributed by atoms with Crippen molar-refractivity contribution in [2.45, 2.75) is 23.4 Å². The molecule has 0 aliphatic heterocycles. The van der Waals surface area contributed by atoms with Crippen molar-refractivity contribution in [3.8, 4) is 5.75 Å². The Labute approximate surface area is 176 Å². The number of hydrogen-bond donors (Lipinski definition) is 2. The molecule has 2 N–H and O–H groups in total. The van der Waals surface area contributed by atoms with Crippen molar-refractivity contribution in [3.63, 3.8) is 0 Å². The first-order valence-electron chi connectivity index (χ1n) is 8.43. The van der Waals surface area contributed by atoms with Crippen LogP contribution in [0.3, 0.4) is 0 Å². The Morgan fingerprint density at radius 1 is 1.21 bits per heavy atom. The summed E-state index contributed by atoms with van der Waals surface area (Å²) in [5, 5.41) is 15.3. The van der Waals surface area contributed by atoms with Gasteiger partial charge in [0.25, 0.3) is 0 Å². The van der Waals surface area contributed by atoms with Crippen LogP contribution in [0.15, 0.2) is 46.8 Å². The molecule has 0 radical (unpaired) electrons. The molecule has 0 aliphatic rings. The standard InChI is InChI=1S/C19H19ClN4O2S2/c1-11-15(20)5-4-6-16(11)22-17(25)12(2)27-19-24-23-18(28-19)21-13-7-9-14(26-3)10-8-13/h4-10,12H,1-3H3,(H,21,23)(H,22,25). The van der Waals surface area contributed by atoms with E-state index in [0.29, 0.717) is 20.2 Å². The lowest BCUT2D eigenvalue weighted by Crippen LogP contribution is -2.22. The van der Waals surface area contributed by atoms with Crippen molar-refractivity contribution < 1.29 is 9.53 Å². The number of thioether (sulfide) groups is 1. The van der Waals surface area contributed by atoms with Gasteiger partial charge in [-0.15, -0.1) is 10.2 Å². The van der Waals surface area contributed by atoms with Crippen LogP contribution in [-0.2, 0) is 4.79 Å². The van der Waals surface area contributed by atoms with E-state index >= 15 is 0 Å². The minimum atomic E-state index is -0.333. The lowest BCUT2D eigenvalue weighted by molar-refractivity contribution is -0.115. The van der Waals surface area contributed by atoms with Gasteiger partial charge in [0.1, 0.15) is 5.75 Å². The maximum Gasteiger partial charge on any atom is 0.237 e. The minimum Gasteiger partial charge on any atom is -0.497 e. The molecule has 28 heavy (non-hydrogen) atoms. The van der Waals surface area contributed by atoms with Gasteiger partial charge in [0.2, 0.25) is 11.0 Å². The van der Waals surface area contributed by atoms with Gasteiger partial charge in [-0.3, -0.25) is 4.79 Å². The van der Waals surface area contributed by atoms with Crippen LogP contribution in [-0.4, -0.2) is 28.5 Å². The molecule has 9 heteroatoms. The highest BCUT2D eigenvalue weighted by Gasteiger charge is 2.18. The molecule has 0 bridgehead atoms. The molecule has 0 aliphatic carbocycles. The number of carbonyl (C=O) groups excluding carboxylic acids is 1. The van der Waals surface area contributed by atoms with Gasteiger partial charge in [-0.1, -0.05) is 40.8 Å². The molecule has 1 amide bonds. The number of carbonyl (C=O) groups is 1. The lowest BCUT2D eigenvalue weighted by Gasteiger charge is -2.12. The molecule has 1 heterocycles. The summed E-state index contributed by atoms with van der Waals surface area (Å²) in [4.78, 5) is 12.5. The first-order valence-corrected chi connectivity index (χ1v) is 10.5. The third-order valence-corrected chi connectivity index (χ3v) is 6.35. The first-order chi connectivity index (χ1) is 13.5. The summed E-state index contributed by atoms with van der Waals surface area (Å²) < 4.78 is 5.85. The summed E-state index contributed by atoms with van der Waals surface area (Å²) in [5.41, 5.74) is 2.44. The smallest absolute Gasteiger partial charge is 0.237 e. The Balaban J connectivity index is 1.59. The maximum absolute atomic E-state index is 12.5. The largest absolute Gasteiger partial charge is 0.497 e. The van der Waals surface area contributed by atoms with E-state index in [0.717, 1.165) is 17.0 Å². The number of aromatic nitrogens is 2. The van der Waals surface area contributed by atoms with E-state index in [-0.39, 0.29) is 11.2 Å². The zero-order chi connectivity index (χ0) is 20.1. The summed E-state index contributed by atoms with van der Waals surface area (Å²) in [6.07, 6.45) is 0. The molecule has 6 nitrogen and oxygen atoms in total. The zero-order valence-electron chi connectivity index (χ0n) is 15.5. The highest BCUT2D eigenvalue weighted by molar-refractivity contribution is 8.02. The molecule has 3 aromatic rings. The monoisotopic (exact) mass is 434 g/mol. The number of ether oxygens (including phenoxy) is 1. The Kier molecular flexibility index (Phi) is 6.77. The van der Waals surface area contributed by atoms with Gasteiger partial charge in [0.15, 0.2) is 4.34 Å².